The van der Waals surface area contributed by atoms with Crippen molar-refractivity contribution in [2.45, 2.75) is 19.8 Å². The summed E-state index contributed by atoms with van der Waals surface area (Å²) in [5.41, 5.74) is 1.81. The number of ether oxygens (including phenoxy) is 1. The summed E-state index contributed by atoms with van der Waals surface area (Å²) in [5, 5.41) is 0. The van der Waals surface area contributed by atoms with Crippen LogP contribution in [0.5, 0.6) is 5.75 Å². The number of carbonyl (C=O) groups excluding carboxylic acids is 1. The molecule has 0 N–H and O–H groups in total. The Bertz CT molecular complexity index is 397. The Labute approximate surface area is 91.4 Å². The zero-order valence-electron chi connectivity index (χ0n) is 8.13. The van der Waals surface area contributed by atoms with E-state index in [1.54, 1.807) is 0 Å². The van der Waals surface area contributed by atoms with Crippen LogP contribution in [0.25, 0.3) is 0 Å². The van der Waals surface area contributed by atoms with E-state index >= 15 is 0 Å². The van der Waals surface area contributed by atoms with Gasteiger partial charge in [-0.15, -0.1) is 0 Å². The van der Waals surface area contributed by atoms with Crippen LogP contribution in [-0.4, -0.2) is 12.4 Å². The monoisotopic (exact) mass is 254 g/mol. The third-order valence-corrected chi connectivity index (χ3v) is 2.81. The summed E-state index contributed by atoms with van der Waals surface area (Å²) >= 11 is 3.40. The molecule has 0 unspecified atom stereocenters. The molecule has 0 aromatic heterocycles. The average Bonchev–Trinajstić information content (AvgIpc) is 2.47. The second-order valence-electron chi connectivity index (χ2n) is 3.74. The quantitative estimate of drug-likeness (QED) is 0.770. The van der Waals surface area contributed by atoms with Crippen molar-refractivity contribution in [3.05, 3.63) is 27.7 Å². The zero-order valence-corrected chi connectivity index (χ0v) is 9.72. The first kappa shape index (κ1) is 9.71. The van der Waals surface area contributed by atoms with E-state index in [1.165, 1.54) is 0 Å². The van der Waals surface area contributed by atoms with Gasteiger partial charge in [0.1, 0.15) is 5.75 Å². The number of Topliss-reactive ketones (excluding diaryl/α,β-unsaturated/α-hetero) is 1. The molecular weight excluding hydrogens is 244 g/mol. The second kappa shape index (κ2) is 3.39. The zero-order chi connectivity index (χ0) is 10.3. The van der Waals surface area contributed by atoms with E-state index in [1.807, 2.05) is 12.1 Å². The fourth-order valence-electron chi connectivity index (χ4n) is 1.63. The number of carbonyl (C=O) groups is 1. The van der Waals surface area contributed by atoms with Gasteiger partial charge in [0.2, 0.25) is 5.78 Å². The third kappa shape index (κ3) is 1.46. The minimum absolute atomic E-state index is 0.0724. The van der Waals surface area contributed by atoms with Crippen molar-refractivity contribution in [3.63, 3.8) is 0 Å². The summed E-state index contributed by atoms with van der Waals surface area (Å²) in [6.45, 7) is 4.37. The van der Waals surface area contributed by atoms with Gasteiger partial charge in [-0.1, -0.05) is 29.8 Å². The molecule has 2 rings (SSSR count). The Morgan fingerprint density at radius 1 is 1.43 bits per heavy atom. The Morgan fingerprint density at radius 3 is 2.79 bits per heavy atom. The van der Waals surface area contributed by atoms with E-state index in [-0.39, 0.29) is 12.4 Å². The Balaban J connectivity index is 2.63. The predicted octanol–water partition coefficient (Wildman–Crippen LogP) is 3.15. The van der Waals surface area contributed by atoms with Gasteiger partial charge in [-0.05, 0) is 23.6 Å². The molecule has 0 saturated carbocycles. The molecule has 0 spiro atoms. The normalized spacial score (nSPS) is 14.4. The lowest BCUT2D eigenvalue weighted by Crippen LogP contribution is -1.98. The first-order chi connectivity index (χ1) is 6.59. The number of rotatable bonds is 1. The SMILES string of the molecule is CC(C)c1cc(Br)cc2c1OCC2=O. The van der Waals surface area contributed by atoms with Crippen molar-refractivity contribution in [3.8, 4) is 5.75 Å². The smallest absolute Gasteiger partial charge is 0.203 e. The lowest BCUT2D eigenvalue weighted by molar-refractivity contribution is 0.0961. The molecule has 1 aliphatic rings. The summed E-state index contributed by atoms with van der Waals surface area (Å²) in [7, 11) is 0. The highest BCUT2D eigenvalue weighted by molar-refractivity contribution is 9.10. The lowest BCUT2D eigenvalue weighted by Gasteiger charge is -2.10. The van der Waals surface area contributed by atoms with Crippen LogP contribution < -0.4 is 4.74 Å². The number of hydrogen-bond donors (Lipinski definition) is 0. The molecule has 0 aliphatic carbocycles. The Kier molecular flexibility index (Phi) is 2.35. The highest BCUT2D eigenvalue weighted by Gasteiger charge is 2.25. The lowest BCUT2D eigenvalue weighted by atomic mass is 9.99. The van der Waals surface area contributed by atoms with Crippen LogP contribution in [0.1, 0.15) is 35.7 Å². The van der Waals surface area contributed by atoms with E-state index in [4.69, 9.17) is 4.74 Å². The summed E-state index contributed by atoms with van der Waals surface area (Å²) in [5.74, 6) is 1.21. The number of halogens is 1. The minimum Gasteiger partial charge on any atom is -0.484 e. The summed E-state index contributed by atoms with van der Waals surface area (Å²) in [4.78, 5) is 11.4. The van der Waals surface area contributed by atoms with Crippen molar-refractivity contribution in [2.75, 3.05) is 6.61 Å². The van der Waals surface area contributed by atoms with Crippen molar-refractivity contribution in [1.29, 1.82) is 0 Å². The average molecular weight is 255 g/mol. The van der Waals surface area contributed by atoms with E-state index < -0.39 is 0 Å². The van der Waals surface area contributed by atoms with Crippen LogP contribution >= 0.6 is 15.9 Å². The molecule has 14 heavy (non-hydrogen) atoms. The fourth-order valence-corrected chi connectivity index (χ4v) is 2.10. The largest absolute Gasteiger partial charge is 0.484 e. The first-order valence-corrected chi connectivity index (χ1v) is 5.38. The first-order valence-electron chi connectivity index (χ1n) is 4.59. The molecule has 1 aliphatic heterocycles. The second-order valence-corrected chi connectivity index (χ2v) is 4.65. The minimum atomic E-state index is 0.0724. The molecule has 0 saturated heterocycles. The van der Waals surface area contributed by atoms with Gasteiger partial charge in [-0.25, -0.2) is 0 Å². The maximum Gasteiger partial charge on any atom is 0.203 e. The fraction of sp³-hybridized carbons (Fsp3) is 0.364. The van der Waals surface area contributed by atoms with E-state index in [0.717, 1.165) is 15.8 Å². The van der Waals surface area contributed by atoms with Gasteiger partial charge < -0.3 is 4.74 Å². The molecule has 3 heteroatoms. The maximum absolute atomic E-state index is 11.4. The van der Waals surface area contributed by atoms with Crippen molar-refractivity contribution >= 4 is 21.7 Å². The Morgan fingerprint density at radius 2 is 2.14 bits per heavy atom. The molecule has 0 amide bonds. The van der Waals surface area contributed by atoms with Crippen molar-refractivity contribution in [1.82, 2.24) is 0 Å². The molecular formula is C11H11BrO2. The number of ketones is 1. The number of fused-ring (bicyclic) bond motifs is 1. The molecule has 0 radical (unpaired) electrons. The molecule has 0 atom stereocenters. The van der Waals surface area contributed by atoms with Gasteiger partial charge in [0.25, 0.3) is 0 Å². The van der Waals surface area contributed by atoms with Crippen LogP contribution in [-0.2, 0) is 0 Å². The van der Waals surface area contributed by atoms with Gasteiger partial charge in [0, 0.05) is 4.47 Å². The van der Waals surface area contributed by atoms with Crippen LogP contribution in [0, 0.1) is 0 Å². The van der Waals surface area contributed by atoms with E-state index in [9.17, 15) is 4.79 Å². The van der Waals surface area contributed by atoms with Gasteiger partial charge in [0.15, 0.2) is 6.61 Å². The van der Waals surface area contributed by atoms with Crippen molar-refractivity contribution in [2.24, 2.45) is 0 Å². The van der Waals surface area contributed by atoms with Crippen LogP contribution in [0.2, 0.25) is 0 Å². The van der Waals surface area contributed by atoms with Gasteiger partial charge >= 0.3 is 0 Å². The number of benzene rings is 1. The number of hydrogen-bond acceptors (Lipinski definition) is 2. The van der Waals surface area contributed by atoms with Crippen LogP contribution in [0.4, 0.5) is 0 Å². The highest BCUT2D eigenvalue weighted by Crippen LogP contribution is 2.36. The van der Waals surface area contributed by atoms with Crippen molar-refractivity contribution < 1.29 is 9.53 Å². The van der Waals surface area contributed by atoms with Crippen LogP contribution in [0.3, 0.4) is 0 Å². The van der Waals surface area contributed by atoms with E-state index in [0.29, 0.717) is 11.5 Å². The molecule has 0 bridgehead atoms. The van der Waals surface area contributed by atoms with E-state index in [2.05, 4.69) is 29.8 Å². The molecule has 74 valence electrons. The third-order valence-electron chi connectivity index (χ3n) is 2.35. The molecule has 1 aromatic carbocycles. The Hall–Kier alpha value is -0.830. The summed E-state index contributed by atoms with van der Waals surface area (Å²) in [6, 6.07) is 3.85. The van der Waals surface area contributed by atoms with Gasteiger partial charge in [0.05, 0.1) is 5.56 Å². The summed E-state index contributed by atoms with van der Waals surface area (Å²) < 4.78 is 6.33. The highest BCUT2D eigenvalue weighted by atomic mass is 79.9. The van der Waals surface area contributed by atoms with Crippen LogP contribution in [0.15, 0.2) is 16.6 Å². The summed E-state index contributed by atoms with van der Waals surface area (Å²) in [6.07, 6.45) is 0. The van der Waals surface area contributed by atoms with Gasteiger partial charge in [-0.2, -0.15) is 0 Å². The van der Waals surface area contributed by atoms with Gasteiger partial charge in [-0.3, -0.25) is 4.79 Å². The molecule has 1 aromatic rings. The molecule has 2 nitrogen and oxygen atoms in total. The standard InChI is InChI=1S/C11H11BrO2/c1-6(2)8-3-7(12)4-9-10(13)5-14-11(8)9/h3-4,6H,5H2,1-2H3. The molecule has 0 fully saturated rings. The molecule has 1 heterocycles. The topological polar surface area (TPSA) is 26.3 Å². The predicted molar refractivity (Wildman–Crippen MR) is 58.1 cm³/mol. The maximum atomic E-state index is 11.4.